The van der Waals surface area contributed by atoms with Crippen LogP contribution in [0.5, 0.6) is 0 Å². The molecule has 2 amide bonds. The molecule has 17 heteroatoms. The van der Waals surface area contributed by atoms with Crippen molar-refractivity contribution < 1.29 is 23.2 Å². The van der Waals surface area contributed by atoms with E-state index in [9.17, 15) is 23.2 Å². The molecule has 4 aromatic heterocycles. The topological polar surface area (TPSA) is 183 Å². The molecular formula is C40H41N9O5S3. The first-order valence-electron chi connectivity index (χ1n) is 18.2. The van der Waals surface area contributed by atoms with E-state index in [0.717, 1.165) is 39.6 Å². The second kappa shape index (κ2) is 17.8. The molecule has 1 atom stereocenters. The van der Waals surface area contributed by atoms with E-state index in [-0.39, 0.29) is 28.1 Å². The van der Waals surface area contributed by atoms with E-state index in [0.29, 0.717) is 53.7 Å². The van der Waals surface area contributed by atoms with Crippen molar-refractivity contribution in [2.45, 2.75) is 35.6 Å². The van der Waals surface area contributed by atoms with Crippen molar-refractivity contribution in [1.82, 2.24) is 29.6 Å². The summed E-state index contributed by atoms with van der Waals surface area (Å²) in [5.74, 6) is 0.203. The summed E-state index contributed by atoms with van der Waals surface area (Å²) < 4.78 is 29.1. The number of sulfonamides is 1. The predicted molar refractivity (Wildman–Crippen MR) is 223 cm³/mol. The summed E-state index contributed by atoms with van der Waals surface area (Å²) in [6, 6.07) is 25.4. The fourth-order valence-corrected chi connectivity index (χ4v) is 9.30. The average molecular weight is 824 g/mol. The van der Waals surface area contributed by atoms with E-state index < -0.39 is 15.9 Å². The van der Waals surface area contributed by atoms with Gasteiger partial charge in [0, 0.05) is 41.7 Å². The highest BCUT2D eigenvalue weighted by Gasteiger charge is 2.26. The molecule has 1 aliphatic rings. The molecule has 14 nitrogen and oxygen atoms in total. The largest absolute Gasteiger partial charge is 0.352 e. The molecule has 0 bridgehead atoms. The normalized spacial score (nSPS) is 13.3. The second-order valence-electron chi connectivity index (χ2n) is 13.8. The number of benzene rings is 2. The SMILES string of the molecule is CN(C)CC[C@H](CSc1ccccc1)Cc1ncc(S(=O)(=O)NC(=O)c2cccc(N3CCc4cccc(C(=O)Nc5nc6cccnc6s5)c4C3)n2)cc1NO. The highest BCUT2D eigenvalue weighted by atomic mass is 32.2. The number of thioether (sulfide) groups is 1. The summed E-state index contributed by atoms with van der Waals surface area (Å²) >= 11 is 3.03. The zero-order chi connectivity index (χ0) is 39.9. The predicted octanol–water partition coefficient (Wildman–Crippen LogP) is 6.12. The van der Waals surface area contributed by atoms with Crippen LogP contribution in [0.25, 0.3) is 10.3 Å². The smallest absolute Gasteiger partial charge is 0.283 e. The molecule has 0 saturated heterocycles. The maximum Gasteiger partial charge on any atom is 0.283 e. The van der Waals surface area contributed by atoms with Gasteiger partial charge in [0.05, 0.1) is 11.4 Å². The standard InChI is InChI=1S/C40H41N9O5S3/c1-48(2)19-16-26(25-55-28-10-4-3-5-11-28)21-34-35(46-52)22-29(23-42-34)57(53,54)47-38(51)32-13-7-15-36(43-32)49-20-17-27-9-6-12-30(31(27)24-49)37(50)45-40-44-33-14-8-18-41-39(33)56-40/h3-15,18,22-23,26,46,52H,16-17,19-21,24-25H2,1-2H3,(H,47,51)(H,44,45,50)/t26-/m0/s1. The van der Waals surface area contributed by atoms with E-state index >= 15 is 0 Å². The number of anilines is 3. The van der Waals surface area contributed by atoms with Crippen LogP contribution in [-0.2, 0) is 29.4 Å². The van der Waals surface area contributed by atoms with Gasteiger partial charge in [-0.2, -0.15) is 0 Å². The van der Waals surface area contributed by atoms with Crippen molar-refractivity contribution in [2.24, 2.45) is 5.92 Å². The molecule has 4 N–H and O–H groups in total. The van der Waals surface area contributed by atoms with Crippen molar-refractivity contribution in [2.75, 3.05) is 48.6 Å². The molecule has 7 rings (SSSR count). The maximum absolute atomic E-state index is 13.5. The van der Waals surface area contributed by atoms with Gasteiger partial charge in [-0.05, 0) is 105 Å². The lowest BCUT2D eigenvalue weighted by Gasteiger charge is -2.31. The number of hydrogen-bond donors (Lipinski definition) is 4. The summed E-state index contributed by atoms with van der Waals surface area (Å²) in [5.41, 5.74) is 5.69. The van der Waals surface area contributed by atoms with Gasteiger partial charge in [-0.25, -0.2) is 28.1 Å². The average Bonchev–Trinajstić information content (AvgIpc) is 3.64. The molecule has 0 fully saturated rings. The summed E-state index contributed by atoms with van der Waals surface area (Å²) in [4.78, 5) is 50.3. The summed E-state index contributed by atoms with van der Waals surface area (Å²) in [7, 11) is -0.391. The van der Waals surface area contributed by atoms with Gasteiger partial charge >= 0.3 is 0 Å². The molecule has 0 saturated carbocycles. The first-order valence-corrected chi connectivity index (χ1v) is 21.5. The van der Waals surface area contributed by atoms with Crippen LogP contribution < -0.4 is 20.4 Å². The third-order valence-corrected chi connectivity index (χ3v) is 12.9. The summed E-state index contributed by atoms with van der Waals surface area (Å²) in [6.07, 6.45) is 4.85. The van der Waals surface area contributed by atoms with Crippen molar-refractivity contribution in [3.63, 3.8) is 0 Å². The van der Waals surface area contributed by atoms with E-state index in [1.165, 1.54) is 29.7 Å². The van der Waals surface area contributed by atoms with Crippen molar-refractivity contribution in [3.05, 3.63) is 125 Å². The summed E-state index contributed by atoms with van der Waals surface area (Å²) in [5, 5.41) is 13.4. The van der Waals surface area contributed by atoms with Crippen LogP contribution in [0.4, 0.5) is 16.6 Å². The Morgan fingerprint density at radius 2 is 1.81 bits per heavy atom. The van der Waals surface area contributed by atoms with Gasteiger partial charge in [-0.1, -0.05) is 47.7 Å². The molecule has 1 aliphatic heterocycles. The molecule has 0 spiro atoms. The molecule has 0 radical (unpaired) electrons. The van der Waals surface area contributed by atoms with Gasteiger partial charge in [0.1, 0.15) is 26.8 Å². The Kier molecular flexibility index (Phi) is 12.4. The molecule has 0 aliphatic carbocycles. The molecule has 5 heterocycles. The number of carbonyl (C=O) groups excluding carboxylic acids is 2. The van der Waals surface area contributed by atoms with Gasteiger partial charge in [0.25, 0.3) is 21.8 Å². The fourth-order valence-electron chi connectivity index (χ4n) is 6.51. The van der Waals surface area contributed by atoms with E-state index in [1.807, 2.05) is 55.4 Å². The molecule has 294 valence electrons. The van der Waals surface area contributed by atoms with Crippen molar-refractivity contribution in [3.8, 4) is 0 Å². The molecule has 57 heavy (non-hydrogen) atoms. The van der Waals surface area contributed by atoms with Gasteiger partial charge in [-0.3, -0.25) is 30.6 Å². The van der Waals surface area contributed by atoms with Gasteiger partial charge in [0.15, 0.2) is 5.13 Å². The molecule has 6 aromatic rings. The van der Waals surface area contributed by atoms with Crippen molar-refractivity contribution >= 4 is 71.9 Å². The zero-order valence-electron chi connectivity index (χ0n) is 31.3. The number of thiazole rings is 1. The number of amides is 2. The number of pyridine rings is 3. The highest BCUT2D eigenvalue weighted by Crippen LogP contribution is 2.30. The number of nitrogens with zero attached hydrogens (tertiary/aromatic N) is 6. The lowest BCUT2D eigenvalue weighted by atomic mass is 9.94. The van der Waals surface area contributed by atoms with E-state index in [1.54, 1.807) is 42.2 Å². The van der Waals surface area contributed by atoms with Gasteiger partial charge in [-0.15, -0.1) is 11.8 Å². The minimum atomic E-state index is -4.41. The third-order valence-electron chi connectivity index (χ3n) is 9.49. The van der Waals surface area contributed by atoms with Gasteiger partial charge in [0.2, 0.25) is 0 Å². The number of nitrogens with one attached hydrogen (secondary N) is 3. The number of hydrogen-bond acceptors (Lipinski definition) is 14. The number of rotatable bonds is 15. The van der Waals surface area contributed by atoms with E-state index in [4.69, 9.17) is 0 Å². The molecule has 2 aromatic carbocycles. The van der Waals surface area contributed by atoms with Crippen molar-refractivity contribution in [1.29, 1.82) is 0 Å². The maximum atomic E-state index is 13.5. The Labute approximate surface area is 338 Å². The highest BCUT2D eigenvalue weighted by molar-refractivity contribution is 7.99. The first-order chi connectivity index (χ1) is 27.6. The van der Waals surface area contributed by atoms with Crippen LogP contribution in [0.1, 0.15) is 44.1 Å². The number of carbonyl (C=O) groups is 2. The van der Waals surface area contributed by atoms with Crippen LogP contribution in [0.15, 0.2) is 107 Å². The number of fused-ring (bicyclic) bond motifs is 2. The van der Waals surface area contributed by atoms with Crippen LogP contribution in [0.2, 0.25) is 0 Å². The lowest BCUT2D eigenvalue weighted by molar-refractivity contribution is 0.0975. The minimum absolute atomic E-state index is 0.109. The van der Waals surface area contributed by atoms with Crippen LogP contribution in [0.3, 0.4) is 0 Å². The Hall–Kier alpha value is -5.46. The Morgan fingerprint density at radius 3 is 2.60 bits per heavy atom. The van der Waals surface area contributed by atoms with Crippen LogP contribution in [0, 0.1) is 5.92 Å². The van der Waals surface area contributed by atoms with Crippen LogP contribution >= 0.6 is 23.1 Å². The quantitative estimate of drug-likeness (QED) is 0.0688. The summed E-state index contributed by atoms with van der Waals surface area (Å²) in [6.45, 7) is 1.75. The zero-order valence-corrected chi connectivity index (χ0v) is 33.7. The lowest BCUT2D eigenvalue weighted by Crippen LogP contribution is -2.34. The van der Waals surface area contributed by atoms with Crippen LogP contribution in [-0.4, -0.2) is 83.2 Å². The van der Waals surface area contributed by atoms with Gasteiger partial charge < -0.3 is 9.80 Å². The Morgan fingerprint density at radius 1 is 0.982 bits per heavy atom. The number of aromatic nitrogens is 4. The van der Waals surface area contributed by atoms with E-state index in [2.05, 4.69) is 52.5 Å². The monoisotopic (exact) mass is 823 g/mol. The first kappa shape index (κ1) is 39.8. The molecule has 0 unspecified atom stereocenters. The Bertz CT molecular complexity index is 2470. The third kappa shape index (κ3) is 9.75. The Balaban J connectivity index is 1.03. The fraction of sp³-hybridized carbons (Fsp3) is 0.250. The second-order valence-corrected chi connectivity index (χ2v) is 17.5. The molecular weight excluding hydrogens is 783 g/mol. The minimum Gasteiger partial charge on any atom is -0.352 e.